The first-order valence-corrected chi connectivity index (χ1v) is 8.83. The third-order valence-corrected chi connectivity index (χ3v) is 5.23. The highest BCUT2D eigenvalue weighted by atomic mass is 35.5. The van der Waals surface area contributed by atoms with Gasteiger partial charge in [0.1, 0.15) is 11.6 Å². The maximum atomic E-state index is 12.4. The number of amides is 2. The van der Waals surface area contributed by atoms with Crippen molar-refractivity contribution in [3.63, 3.8) is 0 Å². The highest BCUT2D eigenvalue weighted by Gasteiger charge is 2.41. The van der Waals surface area contributed by atoms with Crippen LogP contribution in [0.1, 0.15) is 49.4 Å². The zero-order valence-electron chi connectivity index (χ0n) is 13.8. The quantitative estimate of drug-likeness (QED) is 0.724. The molecule has 0 saturated heterocycles. The van der Waals surface area contributed by atoms with Crippen LogP contribution >= 0.6 is 23.2 Å². The first-order valence-electron chi connectivity index (χ1n) is 8.07. The molecule has 25 heavy (non-hydrogen) atoms. The molecule has 1 aliphatic rings. The summed E-state index contributed by atoms with van der Waals surface area (Å²) in [5.41, 5.74) is -1.11. The van der Waals surface area contributed by atoms with E-state index in [-0.39, 0.29) is 15.6 Å². The van der Waals surface area contributed by atoms with Crippen molar-refractivity contribution in [3.8, 4) is 0 Å². The van der Waals surface area contributed by atoms with Gasteiger partial charge >= 0.3 is 5.97 Å². The van der Waals surface area contributed by atoms with Crippen LogP contribution in [0.5, 0.6) is 0 Å². The van der Waals surface area contributed by atoms with Gasteiger partial charge in [-0.15, -0.1) is 0 Å². The number of hydrogen-bond acceptors (Lipinski definition) is 3. The van der Waals surface area contributed by atoms with Crippen LogP contribution in [0.4, 0.5) is 0 Å². The van der Waals surface area contributed by atoms with Crippen molar-refractivity contribution in [3.05, 3.63) is 33.8 Å². The number of carbonyl (C=O) groups excluding carboxylic acids is 2. The van der Waals surface area contributed by atoms with Crippen LogP contribution in [0.15, 0.2) is 18.2 Å². The number of nitrogens with one attached hydrogen (secondary N) is 2. The molecule has 0 aliphatic heterocycles. The van der Waals surface area contributed by atoms with Crippen molar-refractivity contribution in [1.82, 2.24) is 10.6 Å². The van der Waals surface area contributed by atoms with Crippen LogP contribution in [0.25, 0.3) is 0 Å². The minimum Gasteiger partial charge on any atom is -0.480 e. The summed E-state index contributed by atoms with van der Waals surface area (Å²) in [5, 5.41) is 15.0. The molecule has 1 fully saturated rings. The molecule has 6 nitrogen and oxygen atoms in total. The Bertz CT molecular complexity index is 687. The van der Waals surface area contributed by atoms with E-state index in [9.17, 15) is 19.5 Å². The van der Waals surface area contributed by atoms with Gasteiger partial charge in [-0.25, -0.2) is 4.79 Å². The zero-order valence-corrected chi connectivity index (χ0v) is 15.3. The Balaban J connectivity index is 2.05. The molecular formula is C17H20Cl2N2O4. The topological polar surface area (TPSA) is 95.5 Å². The molecule has 0 aromatic heterocycles. The van der Waals surface area contributed by atoms with Gasteiger partial charge in [-0.3, -0.25) is 9.59 Å². The molecule has 1 unspecified atom stereocenters. The van der Waals surface area contributed by atoms with E-state index >= 15 is 0 Å². The second kappa shape index (κ2) is 8.06. The van der Waals surface area contributed by atoms with Crippen LogP contribution in [0.3, 0.4) is 0 Å². The van der Waals surface area contributed by atoms with Gasteiger partial charge in [-0.2, -0.15) is 0 Å². The zero-order chi connectivity index (χ0) is 18.6. The van der Waals surface area contributed by atoms with Crippen molar-refractivity contribution in [2.45, 2.75) is 50.6 Å². The number of halogens is 2. The predicted octanol–water partition coefficient (Wildman–Crippen LogP) is 3.02. The number of hydrogen-bond donors (Lipinski definition) is 3. The lowest BCUT2D eigenvalue weighted by atomic mass is 9.81. The number of rotatable bonds is 5. The summed E-state index contributed by atoms with van der Waals surface area (Å²) in [6, 6.07) is 3.71. The van der Waals surface area contributed by atoms with Gasteiger partial charge in [0.15, 0.2) is 0 Å². The largest absolute Gasteiger partial charge is 0.480 e. The van der Waals surface area contributed by atoms with Gasteiger partial charge in [0, 0.05) is 0 Å². The number of carboxylic acids is 1. The fourth-order valence-corrected chi connectivity index (χ4v) is 3.30. The van der Waals surface area contributed by atoms with Crippen molar-refractivity contribution in [2.24, 2.45) is 0 Å². The number of carbonyl (C=O) groups is 3. The molecule has 0 spiro atoms. The normalized spacial score (nSPS) is 17.4. The number of aliphatic carboxylic acids is 1. The van der Waals surface area contributed by atoms with E-state index in [0.29, 0.717) is 12.8 Å². The van der Waals surface area contributed by atoms with Gasteiger partial charge in [0.05, 0.1) is 15.6 Å². The SMILES string of the molecule is CC(NC(=O)c1cccc(Cl)c1Cl)C(=O)NC1(C(=O)O)CCCCC1. The molecule has 1 aromatic rings. The highest BCUT2D eigenvalue weighted by molar-refractivity contribution is 6.43. The second-order valence-corrected chi connectivity index (χ2v) is 7.02. The fraction of sp³-hybridized carbons (Fsp3) is 0.471. The van der Waals surface area contributed by atoms with E-state index in [1.807, 2.05) is 0 Å². The van der Waals surface area contributed by atoms with E-state index in [1.165, 1.54) is 13.0 Å². The van der Waals surface area contributed by atoms with Gasteiger partial charge in [0.25, 0.3) is 5.91 Å². The molecule has 1 atom stereocenters. The van der Waals surface area contributed by atoms with Gasteiger partial charge in [-0.1, -0.05) is 48.5 Å². The molecule has 1 saturated carbocycles. The van der Waals surface area contributed by atoms with Gasteiger partial charge in [-0.05, 0) is 31.9 Å². The Hall–Kier alpha value is -1.79. The van der Waals surface area contributed by atoms with Crippen LogP contribution < -0.4 is 10.6 Å². The Kier molecular flexibility index (Phi) is 6.30. The summed E-state index contributed by atoms with van der Waals surface area (Å²) < 4.78 is 0. The first kappa shape index (κ1) is 19.5. The highest BCUT2D eigenvalue weighted by Crippen LogP contribution is 2.29. The smallest absolute Gasteiger partial charge is 0.329 e. The number of benzene rings is 1. The molecule has 2 amide bonds. The Morgan fingerprint density at radius 2 is 1.80 bits per heavy atom. The van der Waals surface area contributed by atoms with Crippen molar-refractivity contribution in [2.75, 3.05) is 0 Å². The monoisotopic (exact) mass is 386 g/mol. The molecule has 0 bridgehead atoms. The van der Waals surface area contributed by atoms with Crippen molar-refractivity contribution < 1.29 is 19.5 Å². The van der Waals surface area contributed by atoms with E-state index in [1.54, 1.807) is 12.1 Å². The minimum atomic E-state index is -1.26. The Labute approximate surface area is 155 Å². The Morgan fingerprint density at radius 3 is 2.40 bits per heavy atom. The van der Waals surface area contributed by atoms with Crippen molar-refractivity contribution in [1.29, 1.82) is 0 Å². The predicted molar refractivity (Wildman–Crippen MR) is 95.0 cm³/mol. The van der Waals surface area contributed by atoms with E-state index in [0.717, 1.165) is 19.3 Å². The standard InChI is InChI=1S/C17H20Cl2N2O4/c1-10(20-15(23)11-6-5-7-12(18)13(11)19)14(22)21-17(16(24)25)8-3-2-4-9-17/h5-7,10H,2-4,8-9H2,1H3,(H,20,23)(H,21,22)(H,24,25). The molecule has 2 rings (SSSR count). The van der Waals surface area contributed by atoms with Crippen LogP contribution in [0, 0.1) is 0 Å². The summed E-state index contributed by atoms with van der Waals surface area (Å²) >= 11 is 11.9. The molecule has 136 valence electrons. The van der Waals surface area contributed by atoms with Crippen LogP contribution in [-0.2, 0) is 9.59 Å². The lowest BCUT2D eigenvalue weighted by Gasteiger charge is -2.34. The maximum Gasteiger partial charge on any atom is 0.329 e. The first-order chi connectivity index (χ1) is 11.8. The molecule has 0 radical (unpaired) electrons. The van der Waals surface area contributed by atoms with Crippen LogP contribution in [0.2, 0.25) is 10.0 Å². The summed E-state index contributed by atoms with van der Waals surface area (Å²) in [6.45, 7) is 1.49. The van der Waals surface area contributed by atoms with Crippen LogP contribution in [-0.4, -0.2) is 34.5 Å². The van der Waals surface area contributed by atoms with Gasteiger partial charge in [0.2, 0.25) is 5.91 Å². The molecule has 0 heterocycles. The average Bonchev–Trinajstić information content (AvgIpc) is 2.57. The Morgan fingerprint density at radius 1 is 1.16 bits per heavy atom. The summed E-state index contributed by atoms with van der Waals surface area (Å²) in [6.07, 6.45) is 3.20. The summed E-state index contributed by atoms with van der Waals surface area (Å²) in [7, 11) is 0. The summed E-state index contributed by atoms with van der Waals surface area (Å²) in [5.74, 6) is -2.14. The molecule has 8 heteroatoms. The van der Waals surface area contributed by atoms with E-state index in [2.05, 4.69) is 10.6 Å². The summed E-state index contributed by atoms with van der Waals surface area (Å²) in [4.78, 5) is 36.3. The molecule has 3 N–H and O–H groups in total. The van der Waals surface area contributed by atoms with E-state index in [4.69, 9.17) is 23.2 Å². The third-order valence-electron chi connectivity index (χ3n) is 4.42. The maximum absolute atomic E-state index is 12.4. The molecular weight excluding hydrogens is 367 g/mol. The van der Waals surface area contributed by atoms with E-state index < -0.39 is 29.4 Å². The molecule has 1 aliphatic carbocycles. The average molecular weight is 387 g/mol. The lowest BCUT2D eigenvalue weighted by Crippen LogP contribution is -2.59. The minimum absolute atomic E-state index is 0.101. The second-order valence-electron chi connectivity index (χ2n) is 6.23. The lowest BCUT2D eigenvalue weighted by molar-refractivity contribution is -0.149. The third kappa shape index (κ3) is 4.44. The van der Waals surface area contributed by atoms with Crippen molar-refractivity contribution >= 4 is 41.0 Å². The fourth-order valence-electron chi connectivity index (χ4n) is 2.91. The number of carboxylic acid groups (broad SMARTS) is 1. The van der Waals surface area contributed by atoms with Gasteiger partial charge < -0.3 is 15.7 Å². The molecule has 1 aromatic carbocycles.